The zero-order valence-corrected chi connectivity index (χ0v) is 11.9. The van der Waals surface area contributed by atoms with Gasteiger partial charge in [0.25, 0.3) is 5.91 Å². The highest BCUT2D eigenvalue weighted by molar-refractivity contribution is 7.09. The number of aryl methyl sites for hydroxylation is 1. The van der Waals surface area contributed by atoms with Gasteiger partial charge < -0.3 is 9.64 Å². The zero-order valence-electron chi connectivity index (χ0n) is 11.1. The second-order valence-corrected chi connectivity index (χ2v) is 5.99. The van der Waals surface area contributed by atoms with Crippen molar-refractivity contribution < 1.29 is 9.53 Å². The summed E-state index contributed by atoms with van der Waals surface area (Å²) < 4.78 is 5.19. The van der Waals surface area contributed by atoms with Crippen LogP contribution in [0, 0.1) is 6.92 Å². The summed E-state index contributed by atoms with van der Waals surface area (Å²) in [6, 6.07) is 0.154. The third kappa shape index (κ3) is 2.52. The molecular formula is C14H18N2O2S. The summed E-state index contributed by atoms with van der Waals surface area (Å²) >= 11 is 1.66. The number of likely N-dealkylation sites (tertiary alicyclic amines) is 1. The van der Waals surface area contributed by atoms with Crippen LogP contribution in [-0.4, -0.2) is 28.9 Å². The molecule has 0 radical (unpaired) electrons. The number of hydrogen-bond acceptors (Lipinski definition) is 4. The lowest BCUT2D eigenvalue weighted by molar-refractivity contribution is -0.131. The lowest BCUT2D eigenvalue weighted by atomic mass is 10.0. The Labute approximate surface area is 117 Å². The lowest BCUT2D eigenvalue weighted by Crippen LogP contribution is -2.39. The van der Waals surface area contributed by atoms with Crippen LogP contribution >= 0.6 is 11.3 Å². The topological polar surface area (TPSA) is 42.4 Å². The number of carbonyl (C=O) groups excluding carboxylic acids is 1. The quantitative estimate of drug-likeness (QED) is 0.835. The van der Waals surface area contributed by atoms with Crippen molar-refractivity contribution in [2.45, 2.75) is 38.6 Å². The summed E-state index contributed by atoms with van der Waals surface area (Å²) in [7, 11) is 0. The minimum Gasteiger partial charge on any atom is -0.500 e. The Balaban J connectivity index is 1.82. The lowest BCUT2D eigenvalue weighted by Gasteiger charge is -2.34. The molecule has 0 aliphatic carbocycles. The van der Waals surface area contributed by atoms with Gasteiger partial charge in [-0.25, -0.2) is 4.98 Å². The molecule has 0 unspecified atom stereocenters. The van der Waals surface area contributed by atoms with Gasteiger partial charge in [0.1, 0.15) is 5.01 Å². The number of piperidine rings is 1. The first-order valence-electron chi connectivity index (χ1n) is 6.79. The normalized spacial score (nSPS) is 23.1. The van der Waals surface area contributed by atoms with Gasteiger partial charge in [-0.3, -0.25) is 4.79 Å². The van der Waals surface area contributed by atoms with Crippen molar-refractivity contribution in [2.75, 3.05) is 13.2 Å². The van der Waals surface area contributed by atoms with Gasteiger partial charge >= 0.3 is 0 Å². The molecule has 19 heavy (non-hydrogen) atoms. The maximum atomic E-state index is 12.5. The van der Waals surface area contributed by atoms with E-state index in [9.17, 15) is 4.79 Å². The van der Waals surface area contributed by atoms with Crippen molar-refractivity contribution in [3.05, 3.63) is 27.9 Å². The first kappa shape index (κ1) is 12.7. The predicted molar refractivity (Wildman–Crippen MR) is 73.8 cm³/mol. The molecule has 3 rings (SSSR count). The Morgan fingerprint density at radius 1 is 1.53 bits per heavy atom. The van der Waals surface area contributed by atoms with Crippen LogP contribution in [0.25, 0.3) is 0 Å². The minimum atomic E-state index is 0.134. The number of rotatable bonds is 2. The average molecular weight is 278 g/mol. The van der Waals surface area contributed by atoms with Gasteiger partial charge in [0.05, 0.1) is 24.5 Å². The fourth-order valence-electron chi connectivity index (χ4n) is 2.69. The Kier molecular flexibility index (Phi) is 3.55. The molecule has 0 aromatic carbocycles. The van der Waals surface area contributed by atoms with Crippen molar-refractivity contribution in [3.63, 3.8) is 0 Å². The van der Waals surface area contributed by atoms with Gasteiger partial charge in [-0.05, 0) is 26.2 Å². The average Bonchev–Trinajstić information content (AvgIpc) is 3.09. The summed E-state index contributed by atoms with van der Waals surface area (Å²) in [4.78, 5) is 19.1. The number of ether oxygens (including phenoxy) is 1. The molecule has 5 heteroatoms. The van der Waals surface area contributed by atoms with Crippen molar-refractivity contribution in [2.24, 2.45) is 0 Å². The van der Waals surface area contributed by atoms with E-state index in [1.54, 1.807) is 17.6 Å². The summed E-state index contributed by atoms with van der Waals surface area (Å²) in [5.41, 5.74) is 1.85. The summed E-state index contributed by atoms with van der Waals surface area (Å²) in [6.45, 7) is 3.47. The molecule has 3 heterocycles. The van der Waals surface area contributed by atoms with Crippen LogP contribution in [0.5, 0.6) is 0 Å². The summed E-state index contributed by atoms with van der Waals surface area (Å²) in [5, 5.41) is 3.13. The van der Waals surface area contributed by atoms with Crippen LogP contribution in [0.4, 0.5) is 0 Å². The molecule has 1 aromatic rings. The highest BCUT2D eigenvalue weighted by atomic mass is 32.1. The SMILES string of the molecule is Cc1csc([C@@H]2CCCCN2C(=O)C2=COCC2)n1. The monoisotopic (exact) mass is 278 g/mol. The van der Waals surface area contributed by atoms with Gasteiger partial charge in [0, 0.05) is 24.0 Å². The van der Waals surface area contributed by atoms with E-state index >= 15 is 0 Å². The summed E-state index contributed by atoms with van der Waals surface area (Å²) in [6.07, 6.45) is 5.64. The van der Waals surface area contributed by atoms with Crippen molar-refractivity contribution in [1.82, 2.24) is 9.88 Å². The fourth-order valence-corrected chi connectivity index (χ4v) is 3.63. The molecule has 2 aliphatic heterocycles. The van der Waals surface area contributed by atoms with Crippen molar-refractivity contribution in [3.8, 4) is 0 Å². The van der Waals surface area contributed by atoms with E-state index in [1.807, 2.05) is 11.8 Å². The van der Waals surface area contributed by atoms with Gasteiger partial charge in [-0.2, -0.15) is 0 Å². The highest BCUT2D eigenvalue weighted by Crippen LogP contribution is 2.34. The van der Waals surface area contributed by atoms with Gasteiger partial charge in [0.2, 0.25) is 0 Å². The van der Waals surface area contributed by atoms with E-state index in [4.69, 9.17) is 4.74 Å². The Morgan fingerprint density at radius 3 is 3.11 bits per heavy atom. The molecule has 1 atom stereocenters. The number of amides is 1. The number of hydrogen-bond donors (Lipinski definition) is 0. The largest absolute Gasteiger partial charge is 0.500 e. The van der Waals surface area contributed by atoms with Gasteiger partial charge in [-0.15, -0.1) is 11.3 Å². The smallest absolute Gasteiger partial charge is 0.253 e. The van der Waals surface area contributed by atoms with Crippen LogP contribution in [0.1, 0.15) is 42.4 Å². The molecule has 1 fully saturated rings. The van der Waals surface area contributed by atoms with Crippen molar-refractivity contribution in [1.29, 1.82) is 0 Å². The van der Waals surface area contributed by atoms with Crippen LogP contribution < -0.4 is 0 Å². The van der Waals surface area contributed by atoms with E-state index < -0.39 is 0 Å². The fraction of sp³-hybridized carbons (Fsp3) is 0.571. The number of thiazole rings is 1. The molecular weight excluding hydrogens is 260 g/mol. The third-order valence-corrected chi connectivity index (χ3v) is 4.74. The van der Waals surface area contributed by atoms with Crippen LogP contribution in [0.2, 0.25) is 0 Å². The third-order valence-electron chi connectivity index (χ3n) is 3.68. The minimum absolute atomic E-state index is 0.134. The maximum absolute atomic E-state index is 12.5. The van der Waals surface area contributed by atoms with E-state index in [0.29, 0.717) is 6.61 Å². The van der Waals surface area contributed by atoms with Crippen LogP contribution in [0.3, 0.4) is 0 Å². The Bertz CT molecular complexity index is 509. The number of carbonyl (C=O) groups is 1. The molecule has 0 saturated carbocycles. The highest BCUT2D eigenvalue weighted by Gasteiger charge is 2.32. The second kappa shape index (κ2) is 5.33. The Hall–Kier alpha value is -1.36. The second-order valence-electron chi connectivity index (χ2n) is 5.10. The molecule has 0 N–H and O–H groups in total. The zero-order chi connectivity index (χ0) is 13.2. The molecule has 2 aliphatic rings. The summed E-state index contributed by atoms with van der Waals surface area (Å²) in [5.74, 6) is 0.134. The number of nitrogens with zero attached hydrogens (tertiary/aromatic N) is 2. The van der Waals surface area contributed by atoms with E-state index in [0.717, 1.165) is 42.1 Å². The van der Waals surface area contributed by atoms with Crippen molar-refractivity contribution >= 4 is 17.2 Å². The molecule has 0 spiro atoms. The molecule has 4 nitrogen and oxygen atoms in total. The number of aromatic nitrogens is 1. The Morgan fingerprint density at radius 2 is 2.42 bits per heavy atom. The van der Waals surface area contributed by atoms with Crippen LogP contribution in [-0.2, 0) is 9.53 Å². The molecule has 0 bridgehead atoms. The molecule has 1 aromatic heterocycles. The molecule has 102 valence electrons. The van der Waals surface area contributed by atoms with Gasteiger partial charge in [0.15, 0.2) is 0 Å². The first-order valence-corrected chi connectivity index (χ1v) is 7.67. The molecule has 1 amide bonds. The van der Waals surface area contributed by atoms with E-state index in [-0.39, 0.29) is 11.9 Å². The van der Waals surface area contributed by atoms with E-state index in [1.165, 1.54) is 6.42 Å². The predicted octanol–water partition coefficient (Wildman–Crippen LogP) is 2.81. The van der Waals surface area contributed by atoms with Gasteiger partial charge in [-0.1, -0.05) is 0 Å². The first-order chi connectivity index (χ1) is 9.25. The molecule has 1 saturated heterocycles. The van der Waals surface area contributed by atoms with Crippen LogP contribution in [0.15, 0.2) is 17.2 Å². The maximum Gasteiger partial charge on any atom is 0.253 e. The standard InChI is InChI=1S/C14H18N2O2S/c1-10-9-19-13(15-10)12-4-2-3-6-16(12)14(17)11-5-7-18-8-11/h8-9,12H,2-7H2,1H3/t12-/m0/s1. The van der Waals surface area contributed by atoms with E-state index in [2.05, 4.69) is 10.4 Å².